The molecule has 1 aromatic heterocycles. The summed E-state index contributed by atoms with van der Waals surface area (Å²) in [6, 6.07) is 17.2. The third kappa shape index (κ3) is 4.76. The van der Waals surface area contributed by atoms with Crippen LogP contribution in [0.1, 0.15) is 32.4 Å². The maximum atomic E-state index is 13.0. The first-order valence-corrected chi connectivity index (χ1v) is 12.2. The lowest BCUT2D eigenvalue weighted by atomic mass is 10.0. The molecule has 3 aromatic rings. The number of hydrogen-bond donors (Lipinski definition) is 1. The normalized spacial score (nSPS) is 16.9. The standard InChI is InChI=1S/C25H24ClN3O3S/c26-20-6-4-17(5-7-20)22(28-10-8-23-19(16-28)9-13-33-23)15-27-24(30)18-2-1-3-21(14-18)29-11-12-32-25(29)31/h1-7,9,13-14,22H,8,10-12,15-16H2,(H,27,30). The molecule has 0 radical (unpaired) electrons. The van der Waals surface area contributed by atoms with Crippen molar-refractivity contribution >= 4 is 40.6 Å². The summed E-state index contributed by atoms with van der Waals surface area (Å²) in [6.07, 6.45) is 0.632. The maximum Gasteiger partial charge on any atom is 0.414 e. The van der Waals surface area contributed by atoms with Crippen molar-refractivity contribution in [1.29, 1.82) is 0 Å². The van der Waals surface area contributed by atoms with Crippen molar-refractivity contribution in [3.8, 4) is 0 Å². The third-order valence-corrected chi connectivity index (χ3v) is 7.44. The first kappa shape index (κ1) is 21.9. The van der Waals surface area contributed by atoms with Gasteiger partial charge in [0.2, 0.25) is 0 Å². The molecule has 1 atom stereocenters. The molecule has 1 fully saturated rings. The Labute approximate surface area is 201 Å². The number of nitrogens with one attached hydrogen (secondary N) is 1. The molecule has 8 heteroatoms. The van der Waals surface area contributed by atoms with E-state index in [0.717, 1.165) is 25.1 Å². The predicted molar refractivity (Wildman–Crippen MR) is 130 cm³/mol. The van der Waals surface area contributed by atoms with Gasteiger partial charge in [0.05, 0.1) is 12.6 Å². The van der Waals surface area contributed by atoms with Crippen LogP contribution in [-0.2, 0) is 17.7 Å². The van der Waals surface area contributed by atoms with Crippen molar-refractivity contribution in [2.45, 2.75) is 19.0 Å². The number of rotatable bonds is 6. The van der Waals surface area contributed by atoms with Gasteiger partial charge < -0.3 is 10.1 Å². The van der Waals surface area contributed by atoms with Crippen molar-refractivity contribution in [3.63, 3.8) is 0 Å². The summed E-state index contributed by atoms with van der Waals surface area (Å²) in [6.45, 7) is 3.11. The first-order chi connectivity index (χ1) is 16.1. The van der Waals surface area contributed by atoms with Gasteiger partial charge in [-0.2, -0.15) is 0 Å². The molecule has 1 saturated heterocycles. The molecule has 0 aliphatic carbocycles. The Kier molecular flexibility index (Phi) is 6.35. The fourth-order valence-corrected chi connectivity index (χ4v) is 5.43. The molecule has 1 N–H and O–H groups in total. The fraction of sp³-hybridized carbons (Fsp3) is 0.280. The second kappa shape index (κ2) is 9.55. The molecule has 5 rings (SSSR count). The smallest absolute Gasteiger partial charge is 0.414 e. The highest BCUT2D eigenvalue weighted by Gasteiger charge is 2.27. The summed E-state index contributed by atoms with van der Waals surface area (Å²) in [4.78, 5) is 30.3. The highest BCUT2D eigenvalue weighted by Crippen LogP contribution is 2.31. The minimum Gasteiger partial charge on any atom is -0.447 e. The summed E-state index contributed by atoms with van der Waals surface area (Å²) in [5.74, 6) is -0.170. The van der Waals surface area contributed by atoms with Gasteiger partial charge in [0.1, 0.15) is 6.61 Å². The van der Waals surface area contributed by atoms with Crippen molar-refractivity contribution < 1.29 is 14.3 Å². The topological polar surface area (TPSA) is 61.9 Å². The van der Waals surface area contributed by atoms with E-state index < -0.39 is 0 Å². The molecule has 0 saturated carbocycles. The summed E-state index contributed by atoms with van der Waals surface area (Å²) < 4.78 is 5.02. The predicted octanol–water partition coefficient (Wildman–Crippen LogP) is 4.89. The number of carbonyl (C=O) groups is 2. The van der Waals surface area contributed by atoms with E-state index in [1.165, 1.54) is 10.4 Å². The molecule has 2 amide bonds. The number of amides is 2. The summed E-state index contributed by atoms with van der Waals surface area (Å²) >= 11 is 7.94. The molecule has 1 unspecified atom stereocenters. The van der Waals surface area contributed by atoms with Crippen molar-refractivity contribution in [3.05, 3.63) is 86.6 Å². The molecule has 6 nitrogen and oxygen atoms in total. The van der Waals surface area contributed by atoms with Gasteiger partial charge in [0.15, 0.2) is 0 Å². The van der Waals surface area contributed by atoms with E-state index >= 15 is 0 Å². The number of thiophene rings is 1. The van der Waals surface area contributed by atoms with Crippen LogP contribution >= 0.6 is 22.9 Å². The lowest BCUT2D eigenvalue weighted by Crippen LogP contribution is -2.40. The largest absolute Gasteiger partial charge is 0.447 e. The molecular formula is C25H24ClN3O3S. The van der Waals surface area contributed by atoms with Crippen LogP contribution in [-0.4, -0.2) is 43.1 Å². The van der Waals surface area contributed by atoms with Crippen LogP contribution < -0.4 is 10.2 Å². The Balaban J connectivity index is 1.33. The van der Waals surface area contributed by atoms with E-state index in [4.69, 9.17) is 16.3 Å². The molecule has 0 bridgehead atoms. The zero-order valence-electron chi connectivity index (χ0n) is 18.0. The number of cyclic esters (lactones) is 1. The molecule has 170 valence electrons. The minimum atomic E-state index is -0.381. The van der Waals surface area contributed by atoms with E-state index in [1.54, 1.807) is 23.1 Å². The fourth-order valence-electron chi connectivity index (χ4n) is 4.41. The van der Waals surface area contributed by atoms with Crippen LogP contribution in [0.3, 0.4) is 0 Å². The van der Waals surface area contributed by atoms with E-state index in [-0.39, 0.29) is 18.0 Å². The summed E-state index contributed by atoms with van der Waals surface area (Å²) in [5.41, 5.74) is 3.66. The number of anilines is 1. The van der Waals surface area contributed by atoms with E-state index in [0.29, 0.717) is 36.0 Å². The van der Waals surface area contributed by atoms with E-state index in [1.807, 2.05) is 41.7 Å². The second-order valence-electron chi connectivity index (χ2n) is 8.18. The quantitative estimate of drug-likeness (QED) is 0.544. The van der Waals surface area contributed by atoms with Crippen LogP contribution in [0.2, 0.25) is 5.02 Å². The molecule has 0 spiro atoms. The number of ether oxygens (including phenoxy) is 1. The van der Waals surface area contributed by atoms with Gasteiger partial charge >= 0.3 is 6.09 Å². The number of benzene rings is 2. The van der Waals surface area contributed by atoms with Gasteiger partial charge in [-0.1, -0.05) is 29.8 Å². The third-order valence-electron chi connectivity index (χ3n) is 6.17. The van der Waals surface area contributed by atoms with Gasteiger partial charge in [-0.15, -0.1) is 11.3 Å². The van der Waals surface area contributed by atoms with E-state index in [2.05, 4.69) is 21.7 Å². The Morgan fingerprint density at radius 3 is 2.79 bits per heavy atom. The monoisotopic (exact) mass is 481 g/mol. The van der Waals surface area contributed by atoms with Crippen LogP contribution in [0.15, 0.2) is 60.0 Å². The van der Waals surface area contributed by atoms with Crippen LogP contribution in [0, 0.1) is 0 Å². The highest BCUT2D eigenvalue weighted by atomic mass is 35.5. The maximum absolute atomic E-state index is 13.0. The van der Waals surface area contributed by atoms with Gasteiger partial charge in [-0.25, -0.2) is 4.79 Å². The molecule has 2 aromatic carbocycles. The lowest BCUT2D eigenvalue weighted by Gasteiger charge is -2.35. The average Bonchev–Trinajstić information content (AvgIpc) is 3.48. The highest BCUT2D eigenvalue weighted by molar-refractivity contribution is 7.10. The molecule has 33 heavy (non-hydrogen) atoms. The van der Waals surface area contributed by atoms with Crippen molar-refractivity contribution in [1.82, 2.24) is 10.2 Å². The van der Waals surface area contributed by atoms with Gasteiger partial charge in [0.25, 0.3) is 5.91 Å². The number of hydrogen-bond acceptors (Lipinski definition) is 5. The number of fused-ring (bicyclic) bond motifs is 1. The molecule has 2 aliphatic heterocycles. The van der Waals surface area contributed by atoms with Crippen LogP contribution in [0.25, 0.3) is 0 Å². The summed E-state index contributed by atoms with van der Waals surface area (Å²) in [7, 11) is 0. The van der Waals surface area contributed by atoms with Crippen LogP contribution in [0.5, 0.6) is 0 Å². The van der Waals surface area contributed by atoms with E-state index in [9.17, 15) is 9.59 Å². The van der Waals surface area contributed by atoms with Crippen LogP contribution in [0.4, 0.5) is 10.5 Å². The van der Waals surface area contributed by atoms with Gasteiger partial charge in [-0.3, -0.25) is 14.6 Å². The Morgan fingerprint density at radius 1 is 1.15 bits per heavy atom. The number of nitrogens with zero attached hydrogens (tertiary/aromatic N) is 2. The number of halogens is 1. The number of carbonyl (C=O) groups excluding carboxylic acids is 2. The first-order valence-electron chi connectivity index (χ1n) is 11.0. The Bertz CT molecular complexity index is 1160. The molecular weight excluding hydrogens is 458 g/mol. The second-order valence-corrected chi connectivity index (χ2v) is 9.62. The van der Waals surface area contributed by atoms with Gasteiger partial charge in [-0.05, 0) is 59.3 Å². The SMILES string of the molecule is O=C(NCC(c1ccc(Cl)cc1)N1CCc2sccc2C1)c1cccc(N2CCOC2=O)c1. The Morgan fingerprint density at radius 2 is 2.00 bits per heavy atom. The molecule has 2 aliphatic rings. The zero-order chi connectivity index (χ0) is 22.8. The zero-order valence-corrected chi connectivity index (χ0v) is 19.6. The van der Waals surface area contributed by atoms with Crippen molar-refractivity contribution in [2.75, 3.05) is 31.1 Å². The van der Waals surface area contributed by atoms with Crippen molar-refractivity contribution in [2.24, 2.45) is 0 Å². The van der Waals surface area contributed by atoms with Gasteiger partial charge in [0, 0.05) is 40.8 Å². The summed E-state index contributed by atoms with van der Waals surface area (Å²) in [5, 5.41) is 5.95. The lowest BCUT2D eigenvalue weighted by molar-refractivity contribution is 0.0928. The Hall–Kier alpha value is -2.87. The average molecular weight is 482 g/mol. The minimum absolute atomic E-state index is 0.0241. The molecule has 3 heterocycles.